The number of aromatic hydroxyl groups is 1. The second-order valence-electron chi connectivity index (χ2n) is 5.59. The van der Waals surface area contributed by atoms with Crippen molar-refractivity contribution in [3.05, 3.63) is 52.8 Å². The number of hydrogen-bond acceptors (Lipinski definition) is 3. The Balaban J connectivity index is 1.91. The molecule has 1 heterocycles. The van der Waals surface area contributed by atoms with Crippen LogP contribution in [-0.4, -0.2) is 10.1 Å². The lowest BCUT2D eigenvalue weighted by molar-refractivity contribution is 0.470. The maximum atomic E-state index is 9.75. The number of rotatable bonds is 2. The minimum atomic E-state index is 0.266. The Morgan fingerprint density at radius 1 is 1.25 bits per heavy atom. The number of nitrogens with one attached hydrogen (secondary N) is 1. The van der Waals surface area contributed by atoms with Gasteiger partial charge in [-0.25, -0.2) is 0 Å². The predicted molar refractivity (Wildman–Crippen MR) is 81.1 cm³/mol. The maximum Gasteiger partial charge on any atom is 0.118 e. The minimum Gasteiger partial charge on any atom is -0.508 e. The van der Waals surface area contributed by atoms with Gasteiger partial charge in [0.1, 0.15) is 5.75 Å². The summed E-state index contributed by atoms with van der Waals surface area (Å²) in [6.45, 7) is 3.94. The second-order valence-corrected chi connectivity index (χ2v) is 5.59. The van der Waals surface area contributed by atoms with E-state index in [4.69, 9.17) is 0 Å². The molecule has 3 nitrogen and oxygen atoms in total. The standard InChI is InChI=1S/C17H20N2O/c1-11-10-16(20)12(2)9-15(11)19-14-7-3-5-13-6-4-8-18-17(13)14/h4,6,8-10,14,19-20H,3,5,7H2,1-2H3. The fourth-order valence-electron chi connectivity index (χ4n) is 2.89. The summed E-state index contributed by atoms with van der Waals surface area (Å²) in [7, 11) is 0. The highest BCUT2D eigenvalue weighted by Crippen LogP contribution is 2.33. The number of anilines is 1. The van der Waals surface area contributed by atoms with Gasteiger partial charge in [0.15, 0.2) is 0 Å². The maximum absolute atomic E-state index is 9.75. The number of aryl methyl sites for hydroxylation is 3. The Labute approximate surface area is 119 Å². The van der Waals surface area contributed by atoms with E-state index in [-0.39, 0.29) is 6.04 Å². The number of benzene rings is 1. The van der Waals surface area contributed by atoms with Crippen LogP contribution in [0.1, 0.15) is 41.3 Å². The average molecular weight is 268 g/mol. The van der Waals surface area contributed by atoms with Crippen molar-refractivity contribution in [1.82, 2.24) is 4.98 Å². The molecule has 3 heteroatoms. The van der Waals surface area contributed by atoms with Crippen LogP contribution in [0, 0.1) is 13.8 Å². The highest BCUT2D eigenvalue weighted by molar-refractivity contribution is 5.57. The molecule has 1 aliphatic carbocycles. The fourth-order valence-corrected chi connectivity index (χ4v) is 2.89. The fraction of sp³-hybridized carbons (Fsp3) is 0.353. The van der Waals surface area contributed by atoms with Crippen molar-refractivity contribution in [1.29, 1.82) is 0 Å². The Bertz CT molecular complexity index is 637. The molecule has 2 aromatic rings. The lowest BCUT2D eigenvalue weighted by Gasteiger charge is -2.27. The summed E-state index contributed by atoms with van der Waals surface area (Å²) < 4.78 is 0. The van der Waals surface area contributed by atoms with E-state index < -0.39 is 0 Å². The van der Waals surface area contributed by atoms with Gasteiger partial charge in [-0.1, -0.05) is 6.07 Å². The molecule has 20 heavy (non-hydrogen) atoms. The molecule has 0 radical (unpaired) electrons. The normalized spacial score (nSPS) is 17.6. The minimum absolute atomic E-state index is 0.266. The van der Waals surface area contributed by atoms with Gasteiger partial charge in [0.05, 0.1) is 11.7 Å². The zero-order valence-corrected chi connectivity index (χ0v) is 12.0. The molecular weight excluding hydrogens is 248 g/mol. The van der Waals surface area contributed by atoms with E-state index >= 15 is 0 Å². The van der Waals surface area contributed by atoms with Gasteiger partial charge in [-0.15, -0.1) is 0 Å². The second kappa shape index (κ2) is 5.16. The third-order valence-electron chi connectivity index (χ3n) is 4.07. The number of aromatic nitrogens is 1. The van der Waals surface area contributed by atoms with Crippen molar-refractivity contribution in [2.24, 2.45) is 0 Å². The van der Waals surface area contributed by atoms with E-state index in [0.29, 0.717) is 5.75 Å². The zero-order valence-electron chi connectivity index (χ0n) is 12.0. The molecule has 0 spiro atoms. The number of nitrogens with zero attached hydrogens (tertiary/aromatic N) is 1. The Hall–Kier alpha value is -2.03. The molecule has 0 amide bonds. The van der Waals surface area contributed by atoms with Crippen molar-refractivity contribution in [3.63, 3.8) is 0 Å². The zero-order chi connectivity index (χ0) is 14.1. The smallest absolute Gasteiger partial charge is 0.118 e. The third-order valence-corrected chi connectivity index (χ3v) is 4.07. The highest BCUT2D eigenvalue weighted by atomic mass is 16.3. The first-order chi connectivity index (χ1) is 9.65. The van der Waals surface area contributed by atoms with Gasteiger partial charge >= 0.3 is 0 Å². The molecule has 3 rings (SSSR count). The van der Waals surface area contributed by atoms with Gasteiger partial charge in [0.2, 0.25) is 0 Å². The molecular formula is C17H20N2O. The van der Waals surface area contributed by atoms with Gasteiger partial charge in [0.25, 0.3) is 0 Å². The summed E-state index contributed by atoms with van der Waals surface area (Å²) in [6, 6.07) is 8.28. The largest absolute Gasteiger partial charge is 0.508 e. The van der Waals surface area contributed by atoms with E-state index in [0.717, 1.165) is 29.7 Å². The van der Waals surface area contributed by atoms with Crippen LogP contribution in [0.25, 0.3) is 0 Å². The monoisotopic (exact) mass is 268 g/mol. The number of hydrogen-bond donors (Lipinski definition) is 2. The summed E-state index contributed by atoms with van der Waals surface area (Å²) >= 11 is 0. The first kappa shape index (κ1) is 13.0. The summed E-state index contributed by atoms with van der Waals surface area (Å²) in [5, 5.41) is 13.3. The number of fused-ring (bicyclic) bond motifs is 1. The summed E-state index contributed by atoms with van der Waals surface area (Å²) in [6.07, 6.45) is 5.28. The van der Waals surface area contributed by atoms with Gasteiger partial charge in [-0.3, -0.25) is 4.98 Å². The lowest BCUT2D eigenvalue weighted by atomic mass is 9.91. The van der Waals surface area contributed by atoms with E-state index in [1.54, 1.807) is 0 Å². The number of phenols is 1. The summed E-state index contributed by atoms with van der Waals surface area (Å²) in [5.41, 5.74) is 5.57. The van der Waals surface area contributed by atoms with Crippen LogP contribution >= 0.6 is 0 Å². The van der Waals surface area contributed by atoms with Crippen molar-refractivity contribution in [3.8, 4) is 5.75 Å². The van der Waals surface area contributed by atoms with Gasteiger partial charge in [0, 0.05) is 11.9 Å². The molecule has 1 aromatic carbocycles. The summed E-state index contributed by atoms with van der Waals surface area (Å²) in [5.74, 6) is 0.357. The quantitative estimate of drug-likeness (QED) is 0.812. The first-order valence-corrected chi connectivity index (χ1v) is 7.15. The average Bonchev–Trinajstić information content (AvgIpc) is 2.45. The van der Waals surface area contributed by atoms with Crippen LogP contribution < -0.4 is 5.32 Å². The van der Waals surface area contributed by atoms with Crippen LogP contribution in [-0.2, 0) is 6.42 Å². The number of pyridine rings is 1. The molecule has 0 bridgehead atoms. The first-order valence-electron chi connectivity index (χ1n) is 7.15. The van der Waals surface area contributed by atoms with E-state index in [2.05, 4.69) is 16.4 Å². The van der Waals surface area contributed by atoms with Gasteiger partial charge in [-0.05, 0) is 68.0 Å². The predicted octanol–water partition coefficient (Wildman–Crippen LogP) is 3.89. The molecule has 0 fully saturated rings. The molecule has 2 N–H and O–H groups in total. The Morgan fingerprint density at radius 3 is 2.95 bits per heavy atom. The van der Waals surface area contributed by atoms with Crippen LogP contribution in [0.15, 0.2) is 30.5 Å². The molecule has 0 saturated heterocycles. The number of phenolic OH excluding ortho intramolecular Hbond substituents is 1. The van der Waals surface area contributed by atoms with Crippen molar-refractivity contribution < 1.29 is 5.11 Å². The molecule has 104 valence electrons. The van der Waals surface area contributed by atoms with E-state index in [9.17, 15) is 5.11 Å². The van der Waals surface area contributed by atoms with Crippen molar-refractivity contribution in [2.45, 2.75) is 39.2 Å². The van der Waals surface area contributed by atoms with Gasteiger partial charge < -0.3 is 10.4 Å². The highest BCUT2D eigenvalue weighted by Gasteiger charge is 2.21. The topological polar surface area (TPSA) is 45.2 Å². The van der Waals surface area contributed by atoms with Crippen LogP contribution in [0.3, 0.4) is 0 Å². The molecule has 1 aromatic heterocycles. The van der Waals surface area contributed by atoms with E-state index in [1.165, 1.54) is 17.7 Å². The Morgan fingerprint density at radius 2 is 2.10 bits per heavy atom. The molecule has 1 unspecified atom stereocenters. The lowest BCUT2D eigenvalue weighted by Crippen LogP contribution is -2.19. The molecule has 1 aliphatic rings. The van der Waals surface area contributed by atoms with Crippen LogP contribution in [0.5, 0.6) is 5.75 Å². The van der Waals surface area contributed by atoms with E-state index in [1.807, 2.05) is 38.2 Å². The van der Waals surface area contributed by atoms with Crippen molar-refractivity contribution >= 4 is 5.69 Å². The Kier molecular flexibility index (Phi) is 3.35. The molecule has 0 saturated carbocycles. The third kappa shape index (κ3) is 2.36. The van der Waals surface area contributed by atoms with Gasteiger partial charge in [-0.2, -0.15) is 0 Å². The molecule has 1 atom stereocenters. The van der Waals surface area contributed by atoms with Crippen molar-refractivity contribution in [2.75, 3.05) is 5.32 Å². The van der Waals surface area contributed by atoms with Crippen LogP contribution in [0.2, 0.25) is 0 Å². The SMILES string of the molecule is Cc1cc(NC2CCCc3cccnc32)c(C)cc1O. The summed E-state index contributed by atoms with van der Waals surface area (Å²) in [4.78, 5) is 4.55. The molecule has 0 aliphatic heterocycles. The van der Waals surface area contributed by atoms with Crippen LogP contribution in [0.4, 0.5) is 5.69 Å².